The quantitative estimate of drug-likeness (QED) is 0.299. The van der Waals surface area contributed by atoms with Crippen molar-refractivity contribution in [3.63, 3.8) is 0 Å². The Hall–Kier alpha value is -0.0700. The van der Waals surface area contributed by atoms with Crippen LogP contribution >= 0.6 is 0 Å². The Labute approximate surface area is 181 Å². The van der Waals surface area contributed by atoms with E-state index in [0.717, 1.165) is 25.3 Å². The van der Waals surface area contributed by atoms with Gasteiger partial charge in [-0.1, -0.05) is 101 Å². The van der Waals surface area contributed by atoms with Gasteiger partial charge in [-0.25, -0.2) is 0 Å². The molecule has 0 amide bonds. The maximum atomic E-state index is 12.0. The molecule has 1 aromatic carbocycles. The third-order valence-electron chi connectivity index (χ3n) is 4.64. The van der Waals surface area contributed by atoms with Crippen LogP contribution in [0.15, 0.2) is 23.1 Å². The Bertz CT molecular complexity index is 587. The molecule has 144 valence electrons. The SMILES string of the molecule is CCCCCCCCCCCCCCc1cccc(S(=O)(=O)O)c1[O-].[Na+]. The van der Waals surface area contributed by atoms with Gasteiger partial charge in [-0.3, -0.25) is 4.55 Å². The minimum absolute atomic E-state index is 0. The van der Waals surface area contributed by atoms with Gasteiger partial charge in [-0.15, -0.1) is 0 Å². The zero-order valence-corrected chi connectivity index (χ0v) is 19.3. The first-order valence-electron chi connectivity index (χ1n) is 9.73. The van der Waals surface area contributed by atoms with E-state index < -0.39 is 20.8 Å². The fourth-order valence-corrected chi connectivity index (χ4v) is 3.73. The Balaban J connectivity index is 0.00000625. The van der Waals surface area contributed by atoms with Gasteiger partial charge in [0, 0.05) is 0 Å². The van der Waals surface area contributed by atoms with Crippen molar-refractivity contribution >= 4 is 10.1 Å². The summed E-state index contributed by atoms with van der Waals surface area (Å²) in [5, 5.41) is 12.0. The van der Waals surface area contributed by atoms with Gasteiger partial charge in [0.2, 0.25) is 0 Å². The molecule has 0 fully saturated rings. The maximum Gasteiger partial charge on any atom is 1.00 e. The molecule has 0 aliphatic heterocycles. The summed E-state index contributed by atoms with van der Waals surface area (Å²) in [6.07, 6.45) is 15.6. The van der Waals surface area contributed by atoms with Crippen LogP contribution in [0.4, 0.5) is 0 Å². The Morgan fingerprint density at radius 2 is 1.31 bits per heavy atom. The zero-order chi connectivity index (χ0) is 18.5. The molecule has 1 rings (SSSR count). The normalized spacial score (nSPS) is 11.3. The van der Waals surface area contributed by atoms with Crippen LogP contribution in [-0.4, -0.2) is 13.0 Å². The van der Waals surface area contributed by atoms with Gasteiger partial charge in [0.25, 0.3) is 10.1 Å². The molecule has 6 heteroatoms. The zero-order valence-electron chi connectivity index (χ0n) is 16.5. The van der Waals surface area contributed by atoms with E-state index in [1.54, 1.807) is 6.07 Å². The second kappa shape index (κ2) is 14.9. The van der Waals surface area contributed by atoms with E-state index in [1.165, 1.54) is 63.9 Å². The fourth-order valence-electron chi connectivity index (χ4n) is 3.12. The fraction of sp³-hybridized carbons (Fsp3) is 0.700. The molecule has 0 bridgehead atoms. The Kier molecular flexibility index (Phi) is 14.9. The maximum absolute atomic E-state index is 12.0. The molecule has 0 aliphatic carbocycles. The van der Waals surface area contributed by atoms with Gasteiger partial charge >= 0.3 is 29.6 Å². The molecule has 26 heavy (non-hydrogen) atoms. The van der Waals surface area contributed by atoms with E-state index in [-0.39, 0.29) is 29.6 Å². The average molecular weight is 393 g/mol. The van der Waals surface area contributed by atoms with Crippen molar-refractivity contribution in [2.75, 3.05) is 0 Å². The van der Waals surface area contributed by atoms with E-state index in [1.807, 2.05) is 0 Å². The van der Waals surface area contributed by atoms with Crippen molar-refractivity contribution in [2.24, 2.45) is 0 Å². The minimum Gasteiger partial charge on any atom is -0.871 e. The second-order valence-electron chi connectivity index (χ2n) is 6.86. The average Bonchev–Trinajstić information content (AvgIpc) is 2.56. The first kappa shape index (κ1) is 25.9. The van der Waals surface area contributed by atoms with Crippen LogP contribution in [0, 0.1) is 0 Å². The first-order valence-corrected chi connectivity index (χ1v) is 11.2. The topological polar surface area (TPSA) is 77.4 Å². The Morgan fingerprint density at radius 1 is 0.846 bits per heavy atom. The number of aryl methyl sites for hydroxylation is 1. The molecule has 0 spiro atoms. The van der Waals surface area contributed by atoms with Crippen LogP contribution in [0.5, 0.6) is 5.75 Å². The summed E-state index contributed by atoms with van der Waals surface area (Å²) in [5.74, 6) is -0.562. The number of para-hydroxylation sites is 1. The van der Waals surface area contributed by atoms with Gasteiger partial charge in [0.05, 0.1) is 4.90 Å². The van der Waals surface area contributed by atoms with Gasteiger partial charge in [-0.2, -0.15) is 8.42 Å². The molecule has 0 saturated carbocycles. The van der Waals surface area contributed by atoms with E-state index in [4.69, 9.17) is 4.55 Å². The molecule has 4 nitrogen and oxygen atoms in total. The molecule has 0 aromatic heterocycles. The van der Waals surface area contributed by atoms with Crippen LogP contribution in [0.2, 0.25) is 0 Å². The van der Waals surface area contributed by atoms with Crippen LogP contribution in [-0.2, 0) is 16.5 Å². The second-order valence-corrected chi connectivity index (χ2v) is 8.25. The van der Waals surface area contributed by atoms with Gasteiger partial charge < -0.3 is 5.11 Å². The van der Waals surface area contributed by atoms with Crippen LogP contribution in [0.25, 0.3) is 0 Å². The van der Waals surface area contributed by atoms with Crippen molar-refractivity contribution in [1.82, 2.24) is 0 Å². The number of unbranched alkanes of at least 4 members (excludes halogenated alkanes) is 11. The summed E-state index contributed by atoms with van der Waals surface area (Å²) in [4.78, 5) is -0.510. The number of hydrogen-bond donors (Lipinski definition) is 1. The van der Waals surface area contributed by atoms with Crippen molar-refractivity contribution in [3.05, 3.63) is 23.8 Å². The molecule has 0 saturated heterocycles. The van der Waals surface area contributed by atoms with Gasteiger partial charge in [-0.05, 0) is 18.9 Å². The van der Waals surface area contributed by atoms with E-state index in [0.29, 0.717) is 12.0 Å². The smallest absolute Gasteiger partial charge is 0.871 e. The van der Waals surface area contributed by atoms with E-state index in [9.17, 15) is 13.5 Å². The molecule has 0 radical (unpaired) electrons. The number of benzene rings is 1. The molecule has 0 unspecified atom stereocenters. The Morgan fingerprint density at radius 3 is 1.77 bits per heavy atom. The predicted molar refractivity (Wildman–Crippen MR) is 100 cm³/mol. The summed E-state index contributed by atoms with van der Waals surface area (Å²) in [6.45, 7) is 2.24. The van der Waals surface area contributed by atoms with Crippen molar-refractivity contribution in [3.8, 4) is 5.75 Å². The summed E-state index contributed by atoms with van der Waals surface area (Å²) in [7, 11) is -4.42. The summed E-state index contributed by atoms with van der Waals surface area (Å²) < 4.78 is 31.3. The van der Waals surface area contributed by atoms with Crippen LogP contribution in [0.1, 0.15) is 89.5 Å². The van der Waals surface area contributed by atoms with Gasteiger partial charge in [0.15, 0.2) is 0 Å². The molecular formula is C20H33NaO4S. The van der Waals surface area contributed by atoms with Crippen LogP contribution < -0.4 is 34.7 Å². The summed E-state index contributed by atoms with van der Waals surface area (Å²) >= 11 is 0. The largest absolute Gasteiger partial charge is 1.00 e. The molecular weight excluding hydrogens is 359 g/mol. The standard InChI is InChI=1S/C20H34O4S.Na/c1-2-3-4-5-6-7-8-9-10-11-12-13-15-18-16-14-17-19(20(18)21)25(22,23)24;/h14,16-17,21H,2-13,15H2,1H3,(H,22,23,24);/q;+1/p-1. The van der Waals surface area contributed by atoms with E-state index >= 15 is 0 Å². The molecule has 1 N–H and O–H groups in total. The molecule has 1 aromatic rings. The summed E-state index contributed by atoms with van der Waals surface area (Å²) in [6, 6.07) is 4.32. The number of rotatable bonds is 14. The van der Waals surface area contributed by atoms with Crippen molar-refractivity contribution < 1.29 is 47.6 Å². The molecule has 0 heterocycles. The predicted octanol–water partition coefficient (Wildman–Crippen LogP) is 2.25. The van der Waals surface area contributed by atoms with Crippen molar-refractivity contribution in [2.45, 2.75) is 95.3 Å². The van der Waals surface area contributed by atoms with E-state index in [2.05, 4.69) is 6.92 Å². The molecule has 0 atom stereocenters. The third-order valence-corrected chi connectivity index (χ3v) is 5.52. The minimum atomic E-state index is -4.42. The number of hydrogen-bond acceptors (Lipinski definition) is 3. The van der Waals surface area contributed by atoms with Crippen LogP contribution in [0.3, 0.4) is 0 Å². The van der Waals surface area contributed by atoms with Crippen molar-refractivity contribution in [1.29, 1.82) is 0 Å². The van der Waals surface area contributed by atoms with Gasteiger partial charge in [0.1, 0.15) is 0 Å². The third kappa shape index (κ3) is 10.9. The molecule has 0 aliphatic rings. The monoisotopic (exact) mass is 392 g/mol. The first-order chi connectivity index (χ1) is 12.0. The summed E-state index contributed by atoms with van der Waals surface area (Å²) in [5.41, 5.74) is 0.474.